The highest BCUT2D eigenvalue weighted by molar-refractivity contribution is 7.89. The van der Waals surface area contributed by atoms with E-state index in [2.05, 4.69) is 4.98 Å². The fraction of sp³-hybridized carbons (Fsp3) is 0.412. The van der Waals surface area contributed by atoms with Crippen molar-refractivity contribution < 1.29 is 13.2 Å². The first-order valence-corrected chi connectivity index (χ1v) is 10.6. The summed E-state index contributed by atoms with van der Waals surface area (Å²) in [5.41, 5.74) is 1.18. The van der Waals surface area contributed by atoms with Crippen LogP contribution >= 0.6 is 11.3 Å². The number of nitrogens with zero attached hydrogens (tertiary/aromatic N) is 3. The molecule has 2 aromatic heterocycles. The molecular formula is C17H19N3O3S2. The Morgan fingerprint density at radius 2 is 2.20 bits per heavy atom. The summed E-state index contributed by atoms with van der Waals surface area (Å²) >= 11 is 1.72. The van der Waals surface area contributed by atoms with Crippen LogP contribution in [0, 0.1) is 0 Å². The zero-order valence-electron chi connectivity index (χ0n) is 13.7. The fourth-order valence-corrected chi connectivity index (χ4v) is 5.59. The molecule has 8 heteroatoms. The molecule has 0 radical (unpaired) electrons. The predicted molar refractivity (Wildman–Crippen MR) is 94.6 cm³/mol. The van der Waals surface area contributed by atoms with Gasteiger partial charge in [0.2, 0.25) is 15.9 Å². The van der Waals surface area contributed by atoms with Gasteiger partial charge < -0.3 is 4.90 Å². The largest absolute Gasteiger partial charge is 0.337 e. The van der Waals surface area contributed by atoms with Crippen LogP contribution in [0.4, 0.5) is 0 Å². The minimum Gasteiger partial charge on any atom is -0.337 e. The number of hydrogen-bond donors (Lipinski definition) is 0. The summed E-state index contributed by atoms with van der Waals surface area (Å²) in [4.78, 5) is 19.9. The van der Waals surface area contributed by atoms with Gasteiger partial charge in [0.15, 0.2) is 0 Å². The number of carbonyl (C=O) groups excluding carboxylic acids is 1. The Bertz CT molecular complexity index is 876. The van der Waals surface area contributed by atoms with Crippen LogP contribution in [0.25, 0.3) is 0 Å². The molecule has 1 saturated carbocycles. The number of carbonyl (C=O) groups is 1. The monoisotopic (exact) mass is 377 g/mol. The highest BCUT2D eigenvalue weighted by atomic mass is 32.2. The van der Waals surface area contributed by atoms with E-state index in [0.29, 0.717) is 13.1 Å². The van der Waals surface area contributed by atoms with Gasteiger partial charge >= 0.3 is 0 Å². The quantitative estimate of drug-likeness (QED) is 0.798. The van der Waals surface area contributed by atoms with Crippen molar-refractivity contribution in [2.24, 2.45) is 0 Å². The van der Waals surface area contributed by atoms with Gasteiger partial charge in [-0.3, -0.25) is 9.78 Å². The number of rotatable bonds is 5. The van der Waals surface area contributed by atoms with Crippen molar-refractivity contribution in [3.05, 3.63) is 46.4 Å². The van der Waals surface area contributed by atoms with Crippen molar-refractivity contribution in [1.29, 1.82) is 0 Å². The Morgan fingerprint density at radius 1 is 1.36 bits per heavy atom. The first-order chi connectivity index (χ1) is 12.1. The van der Waals surface area contributed by atoms with E-state index in [9.17, 15) is 13.2 Å². The maximum atomic E-state index is 12.9. The van der Waals surface area contributed by atoms with Crippen molar-refractivity contribution in [2.75, 3.05) is 13.1 Å². The third-order valence-corrected chi connectivity index (χ3v) is 7.55. The van der Waals surface area contributed by atoms with Crippen LogP contribution in [0.15, 0.2) is 40.9 Å². The number of sulfonamides is 1. The maximum absolute atomic E-state index is 12.9. The van der Waals surface area contributed by atoms with Gasteiger partial charge in [-0.15, -0.1) is 11.3 Å². The number of pyridine rings is 1. The smallest absolute Gasteiger partial charge is 0.245 e. The lowest BCUT2D eigenvalue weighted by atomic mass is 10.1. The Kier molecular flexibility index (Phi) is 4.35. The molecule has 0 atom stereocenters. The average molecular weight is 377 g/mol. The van der Waals surface area contributed by atoms with Gasteiger partial charge in [0.05, 0.1) is 6.54 Å². The highest BCUT2D eigenvalue weighted by Gasteiger charge is 2.40. The molecule has 1 aliphatic heterocycles. The van der Waals surface area contributed by atoms with Gasteiger partial charge in [-0.1, -0.05) is 0 Å². The first-order valence-electron chi connectivity index (χ1n) is 8.30. The van der Waals surface area contributed by atoms with Crippen LogP contribution in [0.5, 0.6) is 0 Å². The third-order valence-electron chi connectivity index (χ3n) is 4.65. The summed E-state index contributed by atoms with van der Waals surface area (Å²) in [5.74, 6) is -0.129. The second kappa shape index (κ2) is 6.51. The second-order valence-corrected chi connectivity index (χ2v) is 9.30. The molecule has 0 unspecified atom stereocenters. The molecule has 132 valence electrons. The Hall–Kier alpha value is -1.77. The van der Waals surface area contributed by atoms with Crippen LogP contribution in [0.1, 0.15) is 23.3 Å². The van der Waals surface area contributed by atoms with E-state index < -0.39 is 10.0 Å². The first kappa shape index (κ1) is 16.7. The number of hydrogen-bond acceptors (Lipinski definition) is 5. The van der Waals surface area contributed by atoms with E-state index in [-0.39, 0.29) is 23.4 Å². The van der Waals surface area contributed by atoms with Crippen LogP contribution < -0.4 is 0 Å². The van der Waals surface area contributed by atoms with Crippen molar-refractivity contribution in [1.82, 2.24) is 14.2 Å². The van der Waals surface area contributed by atoms with E-state index in [1.54, 1.807) is 22.3 Å². The zero-order chi connectivity index (χ0) is 17.4. The van der Waals surface area contributed by atoms with E-state index in [0.717, 1.165) is 19.3 Å². The Balaban J connectivity index is 1.52. The normalized spacial score (nSPS) is 17.6. The summed E-state index contributed by atoms with van der Waals surface area (Å²) in [6, 6.07) is 5.10. The number of thiophene rings is 1. The topological polar surface area (TPSA) is 70.6 Å². The standard InChI is InChI=1S/C17H19N3O3S2/c21-17(19-8-5-16-13(11-19)6-9-24-16)12-20(14-3-4-14)25(22,23)15-2-1-7-18-10-15/h1-2,6-7,9-10,14H,3-5,8,11-12H2. The Morgan fingerprint density at radius 3 is 2.92 bits per heavy atom. The summed E-state index contributed by atoms with van der Waals surface area (Å²) in [5, 5.41) is 2.04. The molecule has 1 fully saturated rings. The third kappa shape index (κ3) is 3.33. The SMILES string of the molecule is O=C(CN(C1CC1)S(=O)(=O)c1cccnc1)N1CCc2sccc2C1. The Labute approximate surface area is 151 Å². The van der Waals surface area contributed by atoms with Crippen molar-refractivity contribution >= 4 is 27.3 Å². The molecule has 6 nitrogen and oxygen atoms in total. The molecule has 1 aliphatic carbocycles. The molecule has 0 bridgehead atoms. The lowest BCUT2D eigenvalue weighted by Crippen LogP contribution is -2.45. The number of fused-ring (bicyclic) bond motifs is 1. The molecule has 0 spiro atoms. The van der Waals surface area contributed by atoms with Gasteiger partial charge in [-0.05, 0) is 48.4 Å². The van der Waals surface area contributed by atoms with Gasteiger partial charge in [0.1, 0.15) is 4.90 Å². The van der Waals surface area contributed by atoms with Crippen LogP contribution in [-0.2, 0) is 27.8 Å². The number of aromatic nitrogens is 1. The fourth-order valence-electron chi connectivity index (χ4n) is 3.10. The molecule has 2 aromatic rings. The van der Waals surface area contributed by atoms with E-state index >= 15 is 0 Å². The lowest BCUT2D eigenvalue weighted by molar-refractivity contribution is -0.132. The average Bonchev–Trinajstić information content (AvgIpc) is 3.35. The van der Waals surface area contributed by atoms with Crippen LogP contribution in [0.2, 0.25) is 0 Å². The molecule has 0 N–H and O–H groups in total. The second-order valence-electron chi connectivity index (χ2n) is 6.40. The summed E-state index contributed by atoms with van der Waals surface area (Å²) in [6.07, 6.45) is 5.34. The van der Waals surface area contributed by atoms with Gasteiger partial charge in [0, 0.05) is 36.4 Å². The van der Waals surface area contributed by atoms with Crippen LogP contribution in [-0.4, -0.2) is 47.6 Å². The maximum Gasteiger partial charge on any atom is 0.245 e. The van der Waals surface area contributed by atoms with Gasteiger partial charge in [-0.25, -0.2) is 8.42 Å². The molecule has 4 rings (SSSR count). The van der Waals surface area contributed by atoms with E-state index in [1.807, 2.05) is 11.4 Å². The molecule has 2 aliphatic rings. The molecule has 25 heavy (non-hydrogen) atoms. The molecule has 0 aromatic carbocycles. The summed E-state index contributed by atoms with van der Waals surface area (Å²) < 4.78 is 27.2. The lowest BCUT2D eigenvalue weighted by Gasteiger charge is -2.29. The summed E-state index contributed by atoms with van der Waals surface area (Å²) in [7, 11) is -3.70. The molecule has 1 amide bonds. The van der Waals surface area contributed by atoms with E-state index in [1.165, 1.54) is 33.2 Å². The van der Waals surface area contributed by atoms with Gasteiger partial charge in [0.25, 0.3) is 0 Å². The summed E-state index contributed by atoms with van der Waals surface area (Å²) in [6.45, 7) is 1.13. The minimum absolute atomic E-state index is 0.0735. The molecule has 3 heterocycles. The molecule has 0 saturated heterocycles. The van der Waals surface area contributed by atoms with Gasteiger partial charge in [-0.2, -0.15) is 4.31 Å². The van der Waals surface area contributed by atoms with Crippen molar-refractivity contribution in [3.63, 3.8) is 0 Å². The minimum atomic E-state index is -3.70. The highest BCUT2D eigenvalue weighted by Crippen LogP contribution is 2.32. The van der Waals surface area contributed by atoms with Crippen LogP contribution in [0.3, 0.4) is 0 Å². The zero-order valence-corrected chi connectivity index (χ0v) is 15.3. The van der Waals surface area contributed by atoms with E-state index in [4.69, 9.17) is 0 Å². The van der Waals surface area contributed by atoms with Crippen molar-refractivity contribution in [3.8, 4) is 0 Å². The predicted octanol–water partition coefficient (Wildman–Crippen LogP) is 1.88. The number of amides is 1. The molecular weight excluding hydrogens is 358 g/mol. The van der Waals surface area contributed by atoms with Crippen molar-refractivity contribution in [2.45, 2.75) is 36.7 Å².